The van der Waals surface area contributed by atoms with Gasteiger partial charge in [0.2, 0.25) is 0 Å². The zero-order chi connectivity index (χ0) is 23.1. The normalized spacial score (nSPS) is 10.5. The lowest BCUT2D eigenvalue weighted by Crippen LogP contribution is -2.13. The Kier molecular flexibility index (Phi) is 8.39. The summed E-state index contributed by atoms with van der Waals surface area (Å²) >= 11 is 18.4. The maximum Gasteiger partial charge on any atom is 0.310 e. The molecule has 3 aromatic rings. The lowest BCUT2D eigenvalue weighted by Gasteiger charge is -2.12. The average Bonchev–Trinajstić information content (AvgIpc) is 2.76. The number of hydrogen-bond acceptors (Lipinski definition) is 4. The Bertz CT molecular complexity index is 1120. The third kappa shape index (κ3) is 6.63. The zero-order valence-corrected chi connectivity index (χ0v) is 19.4. The summed E-state index contributed by atoms with van der Waals surface area (Å²) in [5, 5.41) is 3.96. The van der Waals surface area contributed by atoms with E-state index in [9.17, 15) is 9.59 Å². The molecule has 0 aliphatic carbocycles. The van der Waals surface area contributed by atoms with Crippen molar-refractivity contribution in [3.05, 3.63) is 92.4 Å². The second-order valence-corrected chi connectivity index (χ2v) is 8.06. The highest BCUT2D eigenvalue weighted by Gasteiger charge is 2.15. The van der Waals surface area contributed by atoms with E-state index >= 15 is 0 Å². The summed E-state index contributed by atoms with van der Waals surface area (Å²) < 4.78 is 10.7. The highest BCUT2D eigenvalue weighted by atomic mass is 35.5. The van der Waals surface area contributed by atoms with Gasteiger partial charge in [-0.25, -0.2) is 0 Å². The van der Waals surface area contributed by atoms with Crippen molar-refractivity contribution in [2.75, 3.05) is 11.9 Å². The Morgan fingerprint density at radius 1 is 0.875 bits per heavy atom. The van der Waals surface area contributed by atoms with Crippen LogP contribution in [0.4, 0.5) is 5.69 Å². The number of rotatable bonds is 8. The highest BCUT2D eigenvalue weighted by Crippen LogP contribution is 2.27. The van der Waals surface area contributed by atoms with Crippen molar-refractivity contribution in [1.82, 2.24) is 0 Å². The summed E-state index contributed by atoms with van der Waals surface area (Å²) in [5.41, 5.74) is 2.26. The molecule has 0 atom stereocenters. The molecule has 1 amide bonds. The van der Waals surface area contributed by atoms with Gasteiger partial charge in [0.15, 0.2) is 0 Å². The Balaban J connectivity index is 1.68. The van der Waals surface area contributed by atoms with Crippen LogP contribution in [0, 0.1) is 0 Å². The molecule has 0 radical (unpaired) electrons. The molecular weight excluding hydrogens is 473 g/mol. The van der Waals surface area contributed by atoms with Crippen LogP contribution in [0.1, 0.15) is 28.4 Å². The molecule has 166 valence electrons. The van der Waals surface area contributed by atoms with Gasteiger partial charge in [-0.3, -0.25) is 9.59 Å². The number of carbonyl (C=O) groups is 2. The number of amides is 1. The fourth-order valence-electron chi connectivity index (χ4n) is 2.85. The van der Waals surface area contributed by atoms with Crippen molar-refractivity contribution in [3.8, 4) is 5.75 Å². The van der Waals surface area contributed by atoms with Crippen molar-refractivity contribution in [2.24, 2.45) is 0 Å². The molecule has 0 saturated heterocycles. The van der Waals surface area contributed by atoms with Crippen LogP contribution in [-0.2, 0) is 22.6 Å². The molecule has 0 saturated carbocycles. The largest absolute Gasteiger partial charge is 0.489 e. The van der Waals surface area contributed by atoms with E-state index in [1.54, 1.807) is 55.5 Å². The van der Waals surface area contributed by atoms with Gasteiger partial charge in [-0.05, 0) is 60.5 Å². The topological polar surface area (TPSA) is 64.6 Å². The molecule has 0 bridgehead atoms. The number of anilines is 1. The monoisotopic (exact) mass is 491 g/mol. The van der Waals surface area contributed by atoms with Gasteiger partial charge in [0, 0.05) is 5.02 Å². The first-order valence-electron chi connectivity index (χ1n) is 9.78. The van der Waals surface area contributed by atoms with Crippen LogP contribution in [0.15, 0.2) is 60.7 Å². The Morgan fingerprint density at radius 2 is 1.59 bits per heavy atom. The first-order valence-corrected chi connectivity index (χ1v) is 10.9. The minimum absolute atomic E-state index is 0.0978. The van der Waals surface area contributed by atoms with E-state index < -0.39 is 5.91 Å². The number of ether oxygens (including phenoxy) is 2. The van der Waals surface area contributed by atoms with E-state index in [4.69, 9.17) is 44.3 Å². The molecule has 8 heteroatoms. The van der Waals surface area contributed by atoms with E-state index in [1.165, 1.54) is 0 Å². The standard InChI is InChI=1S/C24H20Cl3NO4/c1-2-31-23(29)12-16-5-10-22(21(27)11-16)28-24(30)19-13-18(8-9-20(19)26)32-14-15-3-6-17(25)7-4-15/h3-11,13H,2,12,14H2,1H3,(H,28,30). The fourth-order valence-corrected chi connectivity index (χ4v) is 3.43. The van der Waals surface area contributed by atoms with E-state index in [-0.39, 0.29) is 23.0 Å². The molecule has 32 heavy (non-hydrogen) atoms. The predicted molar refractivity (Wildman–Crippen MR) is 127 cm³/mol. The van der Waals surface area contributed by atoms with Gasteiger partial charge >= 0.3 is 5.97 Å². The number of esters is 1. The van der Waals surface area contributed by atoms with E-state index in [1.807, 2.05) is 12.1 Å². The molecule has 0 aliphatic rings. The lowest BCUT2D eigenvalue weighted by molar-refractivity contribution is -0.142. The number of nitrogens with one attached hydrogen (secondary N) is 1. The molecule has 0 spiro atoms. The van der Waals surface area contributed by atoms with Gasteiger partial charge in [0.05, 0.1) is 34.3 Å². The lowest BCUT2D eigenvalue weighted by atomic mass is 10.1. The SMILES string of the molecule is CCOC(=O)Cc1ccc(NC(=O)c2cc(OCc3ccc(Cl)cc3)ccc2Cl)c(Cl)c1. The molecular formula is C24H20Cl3NO4. The van der Waals surface area contributed by atoms with Crippen LogP contribution in [0.2, 0.25) is 15.1 Å². The van der Waals surface area contributed by atoms with Gasteiger partial charge in [0.25, 0.3) is 5.91 Å². The number of carbonyl (C=O) groups excluding carboxylic acids is 2. The number of benzene rings is 3. The van der Waals surface area contributed by atoms with Crippen LogP contribution in [-0.4, -0.2) is 18.5 Å². The molecule has 5 nitrogen and oxygen atoms in total. The zero-order valence-electron chi connectivity index (χ0n) is 17.2. The summed E-state index contributed by atoms with van der Waals surface area (Å²) in [6.07, 6.45) is 0.0978. The molecule has 0 heterocycles. The molecule has 3 rings (SSSR count). The van der Waals surface area contributed by atoms with Gasteiger partial charge < -0.3 is 14.8 Å². The maximum absolute atomic E-state index is 12.8. The number of hydrogen-bond donors (Lipinski definition) is 1. The summed E-state index contributed by atoms with van der Waals surface area (Å²) in [4.78, 5) is 24.4. The van der Waals surface area contributed by atoms with Gasteiger partial charge in [0.1, 0.15) is 12.4 Å². The maximum atomic E-state index is 12.8. The number of halogens is 3. The molecule has 3 aromatic carbocycles. The van der Waals surface area contributed by atoms with Crippen LogP contribution in [0.5, 0.6) is 5.75 Å². The van der Waals surface area contributed by atoms with Crippen LogP contribution < -0.4 is 10.1 Å². The van der Waals surface area contributed by atoms with E-state index in [0.29, 0.717) is 40.3 Å². The van der Waals surface area contributed by atoms with E-state index in [2.05, 4.69) is 5.32 Å². The van der Waals surface area contributed by atoms with E-state index in [0.717, 1.165) is 5.56 Å². The van der Waals surface area contributed by atoms with Crippen molar-refractivity contribution in [3.63, 3.8) is 0 Å². The molecule has 0 fully saturated rings. The second kappa shape index (κ2) is 11.2. The van der Waals surface area contributed by atoms with Crippen LogP contribution in [0.25, 0.3) is 0 Å². The van der Waals surface area contributed by atoms with Crippen LogP contribution >= 0.6 is 34.8 Å². The first-order chi connectivity index (χ1) is 15.4. The third-order valence-corrected chi connectivity index (χ3v) is 5.33. The summed E-state index contributed by atoms with van der Waals surface area (Å²) in [6, 6.07) is 17.1. The minimum atomic E-state index is -0.438. The Hall–Kier alpha value is -2.73. The summed E-state index contributed by atoms with van der Waals surface area (Å²) in [5.74, 6) is -0.292. The predicted octanol–water partition coefficient (Wildman–Crippen LogP) is 6.58. The third-order valence-electron chi connectivity index (χ3n) is 4.44. The quantitative estimate of drug-likeness (QED) is 0.361. The molecule has 0 aliphatic heterocycles. The minimum Gasteiger partial charge on any atom is -0.489 e. The average molecular weight is 493 g/mol. The van der Waals surface area contributed by atoms with Crippen molar-refractivity contribution >= 4 is 52.4 Å². The smallest absolute Gasteiger partial charge is 0.310 e. The van der Waals surface area contributed by atoms with Crippen molar-refractivity contribution in [2.45, 2.75) is 20.0 Å². The summed E-state index contributed by atoms with van der Waals surface area (Å²) in [6.45, 7) is 2.37. The molecule has 0 unspecified atom stereocenters. The highest BCUT2D eigenvalue weighted by molar-refractivity contribution is 6.36. The van der Waals surface area contributed by atoms with Crippen LogP contribution in [0.3, 0.4) is 0 Å². The molecule has 0 aromatic heterocycles. The second-order valence-electron chi connectivity index (χ2n) is 6.81. The Labute approximate surface area is 201 Å². The van der Waals surface area contributed by atoms with Gasteiger partial charge in [-0.1, -0.05) is 53.0 Å². The first kappa shape index (κ1) is 23.9. The Morgan fingerprint density at radius 3 is 2.28 bits per heavy atom. The fraction of sp³-hybridized carbons (Fsp3) is 0.167. The van der Waals surface area contributed by atoms with Gasteiger partial charge in [-0.2, -0.15) is 0 Å². The molecule has 1 N–H and O–H groups in total. The van der Waals surface area contributed by atoms with Gasteiger partial charge in [-0.15, -0.1) is 0 Å². The van der Waals surface area contributed by atoms with Crippen molar-refractivity contribution in [1.29, 1.82) is 0 Å². The summed E-state index contributed by atoms with van der Waals surface area (Å²) in [7, 11) is 0. The van der Waals surface area contributed by atoms with Crippen molar-refractivity contribution < 1.29 is 19.1 Å².